The third-order valence-electron chi connectivity index (χ3n) is 2.91. The molecule has 0 N–H and O–H groups in total. The van der Waals surface area contributed by atoms with E-state index in [-0.39, 0.29) is 5.78 Å². The van der Waals surface area contributed by atoms with Crippen molar-refractivity contribution in [3.05, 3.63) is 35.9 Å². The minimum atomic E-state index is -0.433. The van der Waals surface area contributed by atoms with Crippen LogP contribution in [0.2, 0.25) is 0 Å². The lowest BCUT2D eigenvalue weighted by atomic mass is 9.97. The summed E-state index contributed by atoms with van der Waals surface area (Å²) in [6.45, 7) is 2.17. The largest absolute Gasteiger partial charge is 0.298 e. The maximum atomic E-state index is 11.4. The summed E-state index contributed by atoms with van der Waals surface area (Å²) in [5, 5.41) is 8.85. The van der Waals surface area contributed by atoms with Crippen LogP contribution in [-0.2, 0) is 11.3 Å². The van der Waals surface area contributed by atoms with Gasteiger partial charge in [-0.05, 0) is 5.56 Å². The summed E-state index contributed by atoms with van der Waals surface area (Å²) in [4.78, 5) is 13.5. The van der Waals surface area contributed by atoms with Gasteiger partial charge in [-0.2, -0.15) is 5.26 Å². The van der Waals surface area contributed by atoms with Gasteiger partial charge in [-0.15, -0.1) is 0 Å². The molecular weight excluding hydrogens is 200 g/mol. The lowest BCUT2D eigenvalue weighted by Gasteiger charge is -2.28. The predicted molar refractivity (Wildman–Crippen MR) is 60.4 cm³/mol. The molecule has 1 heterocycles. The number of hydrogen-bond donors (Lipinski definition) is 0. The van der Waals surface area contributed by atoms with Gasteiger partial charge < -0.3 is 0 Å². The van der Waals surface area contributed by atoms with Crippen LogP contribution in [0.25, 0.3) is 0 Å². The summed E-state index contributed by atoms with van der Waals surface area (Å²) in [6, 6.07) is 12.2. The number of benzene rings is 1. The molecule has 0 saturated carbocycles. The van der Waals surface area contributed by atoms with Crippen molar-refractivity contribution in [1.82, 2.24) is 4.90 Å². The van der Waals surface area contributed by atoms with Crippen molar-refractivity contribution in [3.63, 3.8) is 0 Å². The molecule has 1 aromatic rings. The summed E-state index contributed by atoms with van der Waals surface area (Å²) < 4.78 is 0. The zero-order valence-corrected chi connectivity index (χ0v) is 9.10. The molecule has 1 aliphatic heterocycles. The van der Waals surface area contributed by atoms with Gasteiger partial charge in [-0.1, -0.05) is 30.3 Å². The zero-order chi connectivity index (χ0) is 11.4. The van der Waals surface area contributed by atoms with E-state index in [1.54, 1.807) is 0 Å². The highest BCUT2D eigenvalue weighted by Crippen LogP contribution is 2.15. The van der Waals surface area contributed by atoms with E-state index < -0.39 is 5.92 Å². The van der Waals surface area contributed by atoms with E-state index in [4.69, 9.17) is 5.26 Å². The monoisotopic (exact) mass is 214 g/mol. The lowest BCUT2D eigenvalue weighted by molar-refractivity contribution is -0.124. The molecule has 1 saturated heterocycles. The standard InChI is InChI=1S/C13H14N2O/c14-8-12-10-15(7-6-13(12)16)9-11-4-2-1-3-5-11/h1-5,12H,6-7,9-10H2/t12-/m1/s1. The van der Waals surface area contributed by atoms with E-state index in [1.165, 1.54) is 5.56 Å². The number of nitriles is 1. The Morgan fingerprint density at radius 1 is 1.38 bits per heavy atom. The highest BCUT2D eigenvalue weighted by atomic mass is 16.1. The maximum absolute atomic E-state index is 11.4. The normalized spacial score (nSPS) is 21.7. The second-order valence-corrected chi connectivity index (χ2v) is 4.12. The van der Waals surface area contributed by atoms with E-state index in [0.29, 0.717) is 13.0 Å². The van der Waals surface area contributed by atoms with E-state index in [1.807, 2.05) is 18.2 Å². The van der Waals surface area contributed by atoms with Crippen molar-refractivity contribution >= 4 is 5.78 Å². The number of Topliss-reactive ketones (excluding diaryl/α,β-unsaturated/α-hetero) is 1. The van der Waals surface area contributed by atoms with Crippen molar-refractivity contribution in [2.24, 2.45) is 5.92 Å². The van der Waals surface area contributed by atoms with E-state index in [2.05, 4.69) is 23.1 Å². The SMILES string of the molecule is N#C[C@@H]1CN(Cc2ccccc2)CCC1=O. The summed E-state index contributed by atoms with van der Waals surface area (Å²) in [6.07, 6.45) is 0.505. The summed E-state index contributed by atoms with van der Waals surface area (Å²) in [5.41, 5.74) is 1.23. The first-order valence-corrected chi connectivity index (χ1v) is 5.48. The first kappa shape index (κ1) is 10.8. The van der Waals surface area contributed by atoms with Crippen LogP contribution in [0.5, 0.6) is 0 Å². The Labute approximate surface area is 95.3 Å². The van der Waals surface area contributed by atoms with Crippen LogP contribution in [0.3, 0.4) is 0 Å². The van der Waals surface area contributed by atoms with Crippen molar-refractivity contribution in [2.75, 3.05) is 13.1 Å². The summed E-state index contributed by atoms with van der Waals surface area (Å²) >= 11 is 0. The van der Waals surface area contributed by atoms with Crippen molar-refractivity contribution in [1.29, 1.82) is 5.26 Å². The van der Waals surface area contributed by atoms with Gasteiger partial charge in [0.15, 0.2) is 5.78 Å². The minimum Gasteiger partial charge on any atom is -0.298 e. The lowest BCUT2D eigenvalue weighted by Crippen LogP contribution is -2.39. The van der Waals surface area contributed by atoms with Gasteiger partial charge in [-0.3, -0.25) is 9.69 Å². The molecule has 0 aromatic heterocycles. The molecule has 1 aromatic carbocycles. The molecule has 3 nitrogen and oxygen atoms in total. The first-order chi connectivity index (χ1) is 7.79. The molecule has 1 fully saturated rings. The number of piperidine rings is 1. The molecular formula is C13H14N2O. The van der Waals surface area contributed by atoms with E-state index in [0.717, 1.165) is 13.1 Å². The Kier molecular flexibility index (Phi) is 3.33. The van der Waals surface area contributed by atoms with Gasteiger partial charge in [0.25, 0.3) is 0 Å². The van der Waals surface area contributed by atoms with Crippen LogP contribution in [-0.4, -0.2) is 23.8 Å². The van der Waals surface area contributed by atoms with Gasteiger partial charge in [0.2, 0.25) is 0 Å². The Morgan fingerprint density at radius 2 is 2.12 bits per heavy atom. The molecule has 0 radical (unpaired) electrons. The number of nitrogens with zero attached hydrogens (tertiary/aromatic N) is 2. The van der Waals surface area contributed by atoms with Gasteiger partial charge in [0.05, 0.1) is 6.07 Å². The van der Waals surface area contributed by atoms with Crippen molar-refractivity contribution in [2.45, 2.75) is 13.0 Å². The van der Waals surface area contributed by atoms with Gasteiger partial charge in [-0.25, -0.2) is 0 Å². The van der Waals surface area contributed by atoms with Crippen LogP contribution in [0.1, 0.15) is 12.0 Å². The molecule has 16 heavy (non-hydrogen) atoms. The first-order valence-electron chi connectivity index (χ1n) is 5.48. The molecule has 0 bridgehead atoms. The highest BCUT2D eigenvalue weighted by Gasteiger charge is 2.26. The molecule has 0 unspecified atom stereocenters. The van der Waals surface area contributed by atoms with Crippen LogP contribution in [0, 0.1) is 17.2 Å². The predicted octanol–water partition coefficient (Wildman–Crippen LogP) is 1.60. The van der Waals surface area contributed by atoms with Gasteiger partial charge >= 0.3 is 0 Å². The minimum absolute atomic E-state index is 0.0896. The smallest absolute Gasteiger partial charge is 0.152 e. The van der Waals surface area contributed by atoms with Gasteiger partial charge in [0, 0.05) is 26.1 Å². The topological polar surface area (TPSA) is 44.1 Å². The van der Waals surface area contributed by atoms with Crippen LogP contribution >= 0.6 is 0 Å². The average Bonchev–Trinajstić information content (AvgIpc) is 2.33. The molecule has 82 valence electrons. The van der Waals surface area contributed by atoms with Crippen molar-refractivity contribution < 1.29 is 4.79 Å². The number of carbonyl (C=O) groups is 1. The summed E-state index contributed by atoms with van der Waals surface area (Å²) in [5.74, 6) is -0.343. The van der Waals surface area contributed by atoms with Crippen LogP contribution in [0.4, 0.5) is 0 Å². The zero-order valence-electron chi connectivity index (χ0n) is 9.10. The highest BCUT2D eigenvalue weighted by molar-refractivity contribution is 5.84. The molecule has 1 aliphatic rings. The van der Waals surface area contributed by atoms with Crippen LogP contribution in [0.15, 0.2) is 30.3 Å². The molecule has 3 heteroatoms. The second-order valence-electron chi connectivity index (χ2n) is 4.12. The molecule has 0 amide bonds. The third kappa shape index (κ3) is 2.47. The van der Waals surface area contributed by atoms with Gasteiger partial charge in [0.1, 0.15) is 5.92 Å². The Morgan fingerprint density at radius 3 is 2.81 bits per heavy atom. The second kappa shape index (κ2) is 4.91. The fraction of sp³-hybridized carbons (Fsp3) is 0.385. The fourth-order valence-electron chi connectivity index (χ4n) is 1.99. The molecule has 1 atom stereocenters. The number of ketones is 1. The molecule has 0 spiro atoms. The Bertz CT molecular complexity index is 408. The number of hydrogen-bond acceptors (Lipinski definition) is 3. The Balaban J connectivity index is 1.97. The van der Waals surface area contributed by atoms with E-state index in [9.17, 15) is 4.79 Å². The average molecular weight is 214 g/mol. The third-order valence-corrected chi connectivity index (χ3v) is 2.91. The molecule has 2 rings (SSSR count). The Hall–Kier alpha value is -1.66. The maximum Gasteiger partial charge on any atom is 0.152 e. The number of rotatable bonds is 2. The van der Waals surface area contributed by atoms with E-state index >= 15 is 0 Å². The quantitative estimate of drug-likeness (QED) is 0.751. The van der Waals surface area contributed by atoms with Crippen molar-refractivity contribution in [3.8, 4) is 6.07 Å². The fourth-order valence-corrected chi connectivity index (χ4v) is 1.99. The number of carbonyl (C=O) groups excluding carboxylic acids is 1. The molecule has 0 aliphatic carbocycles. The van der Waals surface area contributed by atoms with Crippen LogP contribution < -0.4 is 0 Å². The summed E-state index contributed by atoms with van der Waals surface area (Å²) in [7, 11) is 0. The number of likely N-dealkylation sites (tertiary alicyclic amines) is 1.